The van der Waals surface area contributed by atoms with Gasteiger partial charge >= 0.3 is 0 Å². The molecule has 0 aliphatic rings. The van der Waals surface area contributed by atoms with Gasteiger partial charge in [-0.05, 0) is 30.9 Å². The van der Waals surface area contributed by atoms with Gasteiger partial charge in [0.2, 0.25) is 0 Å². The molecule has 0 saturated carbocycles. The highest BCUT2D eigenvalue weighted by Crippen LogP contribution is 2.28. The molecule has 1 aromatic heterocycles. The summed E-state index contributed by atoms with van der Waals surface area (Å²) >= 11 is 3.47. The Bertz CT molecular complexity index is 406. The van der Waals surface area contributed by atoms with Crippen LogP contribution >= 0.6 is 23.1 Å². The zero-order valence-corrected chi connectivity index (χ0v) is 8.63. The fraction of sp³-hybridized carbons (Fsp3) is 0.222. The van der Waals surface area contributed by atoms with Gasteiger partial charge in [0.1, 0.15) is 0 Å². The van der Waals surface area contributed by atoms with Gasteiger partial charge in [-0.2, -0.15) is 0 Å². The molecule has 3 heteroatoms. The van der Waals surface area contributed by atoms with Gasteiger partial charge < -0.3 is 0 Å². The van der Waals surface area contributed by atoms with Crippen LogP contribution in [0.25, 0.3) is 10.2 Å². The number of thioether (sulfide) groups is 1. The summed E-state index contributed by atoms with van der Waals surface area (Å²) in [5, 5.41) is 0. The highest BCUT2D eigenvalue weighted by molar-refractivity contribution is 8.00. The first-order chi connectivity index (χ1) is 5.79. The van der Waals surface area contributed by atoms with E-state index in [2.05, 4.69) is 36.4 Å². The Morgan fingerprint density at radius 3 is 3.00 bits per heavy atom. The van der Waals surface area contributed by atoms with Gasteiger partial charge in [-0.3, -0.25) is 0 Å². The van der Waals surface area contributed by atoms with Crippen LogP contribution < -0.4 is 0 Å². The first kappa shape index (κ1) is 8.08. The Labute approximate surface area is 79.8 Å². The summed E-state index contributed by atoms with van der Waals surface area (Å²) in [7, 11) is 0. The minimum atomic E-state index is 1.13. The second kappa shape index (κ2) is 3.07. The fourth-order valence-electron chi connectivity index (χ4n) is 1.10. The van der Waals surface area contributed by atoms with Crippen LogP contribution in [0.5, 0.6) is 0 Å². The molecule has 0 N–H and O–H groups in total. The number of benzene rings is 1. The Morgan fingerprint density at radius 2 is 2.25 bits per heavy atom. The van der Waals surface area contributed by atoms with Crippen LogP contribution in [-0.2, 0) is 0 Å². The Balaban J connectivity index is 2.67. The maximum absolute atomic E-state index is 4.47. The van der Waals surface area contributed by atoms with Crippen molar-refractivity contribution in [3.05, 3.63) is 23.8 Å². The zero-order chi connectivity index (χ0) is 8.55. The van der Waals surface area contributed by atoms with Crippen molar-refractivity contribution in [2.24, 2.45) is 0 Å². The summed E-state index contributed by atoms with van der Waals surface area (Å²) in [4.78, 5) is 4.47. The summed E-state index contributed by atoms with van der Waals surface area (Å²) in [5.41, 5.74) is 2.41. The smallest absolute Gasteiger partial charge is 0.150 e. The lowest BCUT2D eigenvalue weighted by atomic mass is 10.2. The van der Waals surface area contributed by atoms with E-state index in [4.69, 9.17) is 0 Å². The third kappa shape index (κ3) is 1.34. The van der Waals surface area contributed by atoms with Gasteiger partial charge in [0, 0.05) is 0 Å². The molecule has 0 amide bonds. The maximum Gasteiger partial charge on any atom is 0.150 e. The molecule has 0 radical (unpaired) electrons. The molecule has 1 aromatic carbocycles. The van der Waals surface area contributed by atoms with Crippen molar-refractivity contribution >= 4 is 33.3 Å². The van der Waals surface area contributed by atoms with E-state index in [0.29, 0.717) is 0 Å². The van der Waals surface area contributed by atoms with Crippen molar-refractivity contribution in [3.63, 3.8) is 0 Å². The SMILES string of the molecule is CSc1nc2cc(C)ccc2s1. The number of hydrogen-bond acceptors (Lipinski definition) is 3. The Kier molecular flexibility index (Phi) is 2.07. The molecule has 0 atom stereocenters. The number of hydrogen-bond donors (Lipinski definition) is 0. The van der Waals surface area contributed by atoms with Crippen molar-refractivity contribution in [3.8, 4) is 0 Å². The average Bonchev–Trinajstić information content (AvgIpc) is 2.46. The fourth-order valence-corrected chi connectivity index (χ4v) is 2.57. The predicted octanol–water partition coefficient (Wildman–Crippen LogP) is 3.33. The molecule has 2 aromatic rings. The van der Waals surface area contributed by atoms with Crippen LogP contribution in [0.4, 0.5) is 0 Å². The van der Waals surface area contributed by atoms with Crippen molar-refractivity contribution in [2.45, 2.75) is 11.3 Å². The van der Waals surface area contributed by atoms with Crippen LogP contribution in [0.2, 0.25) is 0 Å². The molecule has 0 unspecified atom stereocenters. The number of thiazole rings is 1. The third-order valence-electron chi connectivity index (χ3n) is 1.70. The molecule has 1 heterocycles. The van der Waals surface area contributed by atoms with Gasteiger partial charge in [-0.15, -0.1) is 11.3 Å². The average molecular weight is 195 g/mol. The normalized spacial score (nSPS) is 10.8. The molecule has 0 aliphatic heterocycles. The number of rotatable bonds is 1. The van der Waals surface area contributed by atoms with Crippen LogP contribution in [0.15, 0.2) is 22.5 Å². The van der Waals surface area contributed by atoms with E-state index < -0.39 is 0 Å². The molecule has 62 valence electrons. The zero-order valence-electron chi connectivity index (χ0n) is 7.00. The third-order valence-corrected chi connectivity index (χ3v) is 3.72. The molecule has 0 aliphatic carbocycles. The van der Waals surface area contributed by atoms with Crippen molar-refractivity contribution in [2.75, 3.05) is 6.26 Å². The molecule has 12 heavy (non-hydrogen) atoms. The van der Waals surface area contributed by atoms with E-state index >= 15 is 0 Å². The second-order valence-corrected chi connectivity index (χ2v) is 4.74. The lowest BCUT2D eigenvalue weighted by Crippen LogP contribution is -1.71. The summed E-state index contributed by atoms with van der Waals surface area (Å²) < 4.78 is 2.43. The quantitative estimate of drug-likeness (QED) is 0.647. The van der Waals surface area contributed by atoms with Crippen LogP contribution in [0, 0.1) is 6.92 Å². The van der Waals surface area contributed by atoms with Crippen LogP contribution in [0.3, 0.4) is 0 Å². The molecule has 0 spiro atoms. The monoisotopic (exact) mass is 195 g/mol. The van der Waals surface area contributed by atoms with Crippen LogP contribution in [0.1, 0.15) is 5.56 Å². The Morgan fingerprint density at radius 1 is 1.42 bits per heavy atom. The van der Waals surface area contributed by atoms with Gasteiger partial charge in [-0.25, -0.2) is 4.98 Å². The standard InChI is InChI=1S/C9H9NS2/c1-6-3-4-8-7(5-6)10-9(11-2)12-8/h3-5H,1-2H3. The molecule has 0 saturated heterocycles. The molecular formula is C9H9NS2. The summed E-state index contributed by atoms with van der Waals surface area (Å²) in [6, 6.07) is 6.40. The maximum atomic E-state index is 4.47. The minimum absolute atomic E-state index is 1.13. The highest BCUT2D eigenvalue weighted by Gasteiger charge is 2.01. The van der Waals surface area contributed by atoms with E-state index in [1.54, 1.807) is 23.1 Å². The van der Waals surface area contributed by atoms with Gasteiger partial charge in [-0.1, -0.05) is 17.8 Å². The van der Waals surface area contributed by atoms with Crippen molar-refractivity contribution in [1.29, 1.82) is 0 Å². The highest BCUT2D eigenvalue weighted by atomic mass is 32.2. The van der Waals surface area contributed by atoms with Gasteiger partial charge in [0.25, 0.3) is 0 Å². The number of fused-ring (bicyclic) bond motifs is 1. The summed E-state index contributed by atoms with van der Waals surface area (Å²) in [6.45, 7) is 2.09. The molecule has 2 rings (SSSR count). The largest absolute Gasteiger partial charge is 0.230 e. The molecule has 1 nitrogen and oxygen atoms in total. The van der Waals surface area contributed by atoms with E-state index in [0.717, 1.165) is 9.86 Å². The number of aryl methyl sites for hydroxylation is 1. The topological polar surface area (TPSA) is 12.9 Å². The summed E-state index contributed by atoms with van der Waals surface area (Å²) in [6.07, 6.45) is 2.06. The second-order valence-electron chi connectivity index (χ2n) is 2.66. The minimum Gasteiger partial charge on any atom is -0.230 e. The van der Waals surface area contributed by atoms with E-state index in [-0.39, 0.29) is 0 Å². The molecule has 0 fully saturated rings. The van der Waals surface area contributed by atoms with E-state index in [1.165, 1.54) is 10.3 Å². The van der Waals surface area contributed by atoms with Crippen molar-refractivity contribution in [1.82, 2.24) is 4.98 Å². The van der Waals surface area contributed by atoms with E-state index in [9.17, 15) is 0 Å². The number of aromatic nitrogens is 1. The van der Waals surface area contributed by atoms with Gasteiger partial charge in [0.05, 0.1) is 10.2 Å². The lowest BCUT2D eigenvalue weighted by molar-refractivity contribution is 1.30. The Hall–Kier alpha value is -0.540. The van der Waals surface area contributed by atoms with E-state index in [1.807, 2.05) is 0 Å². The number of nitrogens with zero attached hydrogens (tertiary/aromatic N) is 1. The summed E-state index contributed by atoms with van der Waals surface area (Å²) in [5.74, 6) is 0. The van der Waals surface area contributed by atoms with Gasteiger partial charge in [0.15, 0.2) is 4.34 Å². The molecule has 0 bridgehead atoms. The molecular weight excluding hydrogens is 186 g/mol. The predicted molar refractivity (Wildman–Crippen MR) is 56.1 cm³/mol. The van der Waals surface area contributed by atoms with Crippen molar-refractivity contribution < 1.29 is 0 Å². The lowest BCUT2D eigenvalue weighted by Gasteiger charge is -1.88. The first-order valence-corrected chi connectivity index (χ1v) is 5.75. The first-order valence-electron chi connectivity index (χ1n) is 3.71. The van der Waals surface area contributed by atoms with Crippen LogP contribution in [-0.4, -0.2) is 11.2 Å².